The highest BCUT2D eigenvalue weighted by atomic mass is 35.5. The van der Waals surface area contributed by atoms with Gasteiger partial charge >= 0.3 is 0 Å². The van der Waals surface area contributed by atoms with Crippen LogP contribution in [0.15, 0.2) is 47.4 Å². The van der Waals surface area contributed by atoms with Crippen LogP contribution >= 0.6 is 11.6 Å². The molecule has 8 nitrogen and oxygen atoms in total. The SMILES string of the molecule is O=C(CNc1cc(Cl)ccc1N1CCOCC1)Nc1cccc(S(=O)(=O)N2CCCC2)c1. The Morgan fingerprint density at radius 3 is 2.53 bits per heavy atom. The molecule has 2 N–H and O–H groups in total. The third-order valence-corrected chi connectivity index (χ3v) is 7.70. The highest BCUT2D eigenvalue weighted by Gasteiger charge is 2.27. The molecule has 32 heavy (non-hydrogen) atoms. The maximum Gasteiger partial charge on any atom is 0.243 e. The van der Waals surface area contributed by atoms with Crippen LogP contribution in [0, 0.1) is 0 Å². The van der Waals surface area contributed by atoms with Crippen molar-refractivity contribution in [3.8, 4) is 0 Å². The fourth-order valence-corrected chi connectivity index (χ4v) is 5.66. The summed E-state index contributed by atoms with van der Waals surface area (Å²) in [6.07, 6.45) is 1.74. The summed E-state index contributed by atoms with van der Waals surface area (Å²) in [6.45, 7) is 3.92. The van der Waals surface area contributed by atoms with Crippen molar-refractivity contribution in [2.24, 2.45) is 0 Å². The second kappa shape index (κ2) is 10.1. The Balaban J connectivity index is 1.41. The van der Waals surface area contributed by atoms with Crippen LogP contribution in [0.1, 0.15) is 12.8 Å². The molecule has 2 aliphatic heterocycles. The zero-order chi connectivity index (χ0) is 22.6. The lowest BCUT2D eigenvalue weighted by atomic mass is 10.2. The van der Waals surface area contributed by atoms with E-state index < -0.39 is 10.0 Å². The summed E-state index contributed by atoms with van der Waals surface area (Å²) in [7, 11) is -3.54. The quantitative estimate of drug-likeness (QED) is 0.635. The van der Waals surface area contributed by atoms with Gasteiger partial charge in [-0.05, 0) is 49.2 Å². The van der Waals surface area contributed by atoms with Crippen molar-refractivity contribution in [2.45, 2.75) is 17.7 Å². The molecule has 2 aliphatic rings. The average Bonchev–Trinajstić information content (AvgIpc) is 3.35. The number of ether oxygens (including phenoxy) is 1. The van der Waals surface area contributed by atoms with E-state index in [-0.39, 0.29) is 17.3 Å². The van der Waals surface area contributed by atoms with Crippen LogP contribution in [0.5, 0.6) is 0 Å². The van der Waals surface area contributed by atoms with Crippen LogP contribution in [0.4, 0.5) is 17.1 Å². The monoisotopic (exact) mass is 478 g/mol. The number of nitrogens with one attached hydrogen (secondary N) is 2. The summed E-state index contributed by atoms with van der Waals surface area (Å²) in [6, 6.07) is 11.9. The van der Waals surface area contributed by atoms with E-state index in [4.69, 9.17) is 16.3 Å². The molecule has 0 saturated carbocycles. The minimum absolute atomic E-state index is 0.0147. The van der Waals surface area contributed by atoms with Gasteiger partial charge in [-0.1, -0.05) is 17.7 Å². The molecule has 2 fully saturated rings. The highest BCUT2D eigenvalue weighted by Crippen LogP contribution is 2.30. The molecular weight excluding hydrogens is 452 g/mol. The van der Waals surface area contributed by atoms with Gasteiger partial charge in [-0.15, -0.1) is 0 Å². The molecular formula is C22H27ClN4O4S. The minimum Gasteiger partial charge on any atom is -0.378 e. The maximum absolute atomic E-state index is 12.8. The van der Waals surface area contributed by atoms with Gasteiger partial charge in [-0.3, -0.25) is 4.79 Å². The van der Waals surface area contributed by atoms with Gasteiger partial charge in [-0.2, -0.15) is 4.31 Å². The number of carbonyl (C=O) groups is 1. The molecule has 2 heterocycles. The van der Waals surface area contributed by atoms with Crippen molar-refractivity contribution in [3.05, 3.63) is 47.5 Å². The number of nitrogens with zero attached hydrogens (tertiary/aromatic N) is 2. The lowest BCUT2D eigenvalue weighted by Gasteiger charge is -2.30. The minimum atomic E-state index is -3.54. The van der Waals surface area contributed by atoms with Crippen molar-refractivity contribution in [1.82, 2.24) is 4.31 Å². The van der Waals surface area contributed by atoms with Crippen LogP contribution < -0.4 is 15.5 Å². The van der Waals surface area contributed by atoms with E-state index in [1.54, 1.807) is 24.3 Å². The number of hydrogen-bond donors (Lipinski definition) is 2. The second-order valence-electron chi connectivity index (χ2n) is 7.80. The largest absolute Gasteiger partial charge is 0.378 e. The second-order valence-corrected chi connectivity index (χ2v) is 10.2. The fourth-order valence-electron chi connectivity index (χ4n) is 3.92. The molecule has 0 bridgehead atoms. The first-order valence-corrected chi connectivity index (χ1v) is 12.5. The zero-order valence-electron chi connectivity index (χ0n) is 17.7. The number of halogens is 1. The number of morpholine rings is 1. The Hall–Kier alpha value is -2.33. The van der Waals surface area contributed by atoms with E-state index in [1.807, 2.05) is 12.1 Å². The number of anilines is 3. The smallest absolute Gasteiger partial charge is 0.243 e. The summed E-state index contributed by atoms with van der Waals surface area (Å²) in [4.78, 5) is 15.0. The van der Waals surface area contributed by atoms with Crippen LogP contribution in [-0.4, -0.2) is 64.6 Å². The van der Waals surface area contributed by atoms with Crippen LogP contribution in [0.3, 0.4) is 0 Å². The first kappa shape index (κ1) is 22.8. The van der Waals surface area contributed by atoms with Gasteiger partial charge in [0, 0.05) is 36.9 Å². The third kappa shape index (κ3) is 5.35. The summed E-state index contributed by atoms with van der Waals surface area (Å²) < 4.78 is 32.5. The molecule has 0 unspecified atom stereocenters. The van der Waals surface area contributed by atoms with Crippen molar-refractivity contribution < 1.29 is 17.9 Å². The Bertz CT molecular complexity index is 1070. The molecule has 4 rings (SSSR count). The van der Waals surface area contributed by atoms with E-state index in [2.05, 4.69) is 15.5 Å². The topological polar surface area (TPSA) is 91.0 Å². The number of amides is 1. The number of rotatable bonds is 7. The number of benzene rings is 2. The van der Waals surface area contributed by atoms with Crippen molar-refractivity contribution >= 4 is 44.6 Å². The molecule has 0 aromatic heterocycles. The predicted molar refractivity (Wildman–Crippen MR) is 126 cm³/mol. The van der Waals surface area contributed by atoms with Gasteiger partial charge in [0.25, 0.3) is 0 Å². The zero-order valence-corrected chi connectivity index (χ0v) is 19.3. The predicted octanol–water partition coefficient (Wildman–Crippen LogP) is 3.01. The normalized spacial score (nSPS) is 17.3. The van der Waals surface area contributed by atoms with Crippen LogP contribution in [0.2, 0.25) is 5.02 Å². The number of sulfonamides is 1. The molecule has 2 aromatic carbocycles. The molecule has 1 amide bonds. The Morgan fingerprint density at radius 1 is 1.03 bits per heavy atom. The van der Waals surface area contributed by atoms with E-state index in [1.165, 1.54) is 10.4 Å². The van der Waals surface area contributed by atoms with Gasteiger partial charge < -0.3 is 20.3 Å². The lowest BCUT2D eigenvalue weighted by Crippen LogP contribution is -2.36. The number of carbonyl (C=O) groups excluding carboxylic acids is 1. The van der Waals surface area contributed by atoms with E-state index in [0.29, 0.717) is 37.0 Å². The third-order valence-electron chi connectivity index (χ3n) is 5.57. The Labute approximate surface area is 193 Å². The molecule has 172 valence electrons. The molecule has 0 atom stereocenters. The Kier molecular flexibility index (Phi) is 7.20. The summed E-state index contributed by atoms with van der Waals surface area (Å²) in [5.74, 6) is -0.284. The molecule has 2 saturated heterocycles. The van der Waals surface area contributed by atoms with Gasteiger partial charge in [0.2, 0.25) is 15.9 Å². The summed E-state index contributed by atoms with van der Waals surface area (Å²) in [5.41, 5.74) is 2.17. The molecule has 0 radical (unpaired) electrons. The molecule has 2 aromatic rings. The van der Waals surface area contributed by atoms with Crippen molar-refractivity contribution in [2.75, 3.05) is 61.5 Å². The Morgan fingerprint density at radius 2 is 1.78 bits per heavy atom. The van der Waals surface area contributed by atoms with Gasteiger partial charge in [0.1, 0.15) is 0 Å². The summed E-state index contributed by atoms with van der Waals surface area (Å²) in [5, 5.41) is 6.51. The van der Waals surface area contributed by atoms with Crippen LogP contribution in [0.25, 0.3) is 0 Å². The first-order valence-electron chi connectivity index (χ1n) is 10.7. The van der Waals surface area contributed by atoms with E-state index >= 15 is 0 Å². The average molecular weight is 479 g/mol. The maximum atomic E-state index is 12.8. The first-order chi connectivity index (χ1) is 15.4. The lowest BCUT2D eigenvalue weighted by molar-refractivity contribution is -0.114. The van der Waals surface area contributed by atoms with Crippen LogP contribution in [-0.2, 0) is 19.6 Å². The standard InChI is InChI=1S/C22H27ClN4O4S/c23-17-6-7-21(26-10-12-31-13-11-26)20(14-17)24-16-22(28)25-18-4-3-5-19(15-18)32(29,30)27-8-1-2-9-27/h3-7,14-15,24H,1-2,8-13,16H2,(H,25,28). The number of hydrogen-bond acceptors (Lipinski definition) is 6. The molecule has 0 spiro atoms. The van der Waals surface area contributed by atoms with Crippen molar-refractivity contribution in [3.63, 3.8) is 0 Å². The highest BCUT2D eigenvalue weighted by molar-refractivity contribution is 7.89. The van der Waals surface area contributed by atoms with Gasteiger partial charge in [-0.25, -0.2) is 8.42 Å². The van der Waals surface area contributed by atoms with E-state index in [0.717, 1.165) is 37.3 Å². The molecule has 10 heteroatoms. The van der Waals surface area contributed by atoms with E-state index in [9.17, 15) is 13.2 Å². The summed E-state index contributed by atoms with van der Waals surface area (Å²) >= 11 is 6.17. The fraction of sp³-hybridized carbons (Fsp3) is 0.409. The van der Waals surface area contributed by atoms with Gasteiger partial charge in [0.05, 0.1) is 36.0 Å². The molecule has 0 aliphatic carbocycles. The van der Waals surface area contributed by atoms with Gasteiger partial charge in [0.15, 0.2) is 0 Å². The van der Waals surface area contributed by atoms with Crippen molar-refractivity contribution in [1.29, 1.82) is 0 Å².